The zero-order valence-electron chi connectivity index (χ0n) is 14.4. The van der Waals surface area contributed by atoms with Crippen molar-refractivity contribution in [3.63, 3.8) is 0 Å². The molecule has 0 aromatic carbocycles. The Labute approximate surface area is 145 Å². The van der Waals surface area contributed by atoms with Crippen LogP contribution in [0.3, 0.4) is 0 Å². The first kappa shape index (κ1) is 20.9. The highest BCUT2D eigenvalue weighted by Crippen LogP contribution is 2.33. The standard InChI is InChI=1S/C15H28O10/c1-15(2)13(21)9(19)11(7(5-17)25-15)24-14-10(20)12(22-3)8(18)6(4-16)23-14/h6-14,16-21H,4-5H2,1-3H3/t6?,7?,8-,9?,10?,11+,12?,13?,14-/m0/s1. The summed E-state index contributed by atoms with van der Waals surface area (Å²) in [6.07, 6.45) is -11.2. The smallest absolute Gasteiger partial charge is 0.187 e. The minimum atomic E-state index is -1.43. The van der Waals surface area contributed by atoms with Crippen LogP contribution in [0.5, 0.6) is 0 Å². The molecule has 10 heteroatoms. The van der Waals surface area contributed by atoms with Gasteiger partial charge in [0.05, 0.1) is 18.8 Å². The average Bonchev–Trinajstić information content (AvgIpc) is 2.57. The molecule has 2 rings (SSSR count). The maximum absolute atomic E-state index is 10.4. The summed E-state index contributed by atoms with van der Waals surface area (Å²) < 4.78 is 21.5. The lowest BCUT2D eigenvalue weighted by atomic mass is 9.87. The molecule has 6 N–H and O–H groups in total. The van der Waals surface area contributed by atoms with Gasteiger partial charge in [-0.05, 0) is 13.8 Å². The lowest BCUT2D eigenvalue weighted by Gasteiger charge is -2.49. The van der Waals surface area contributed by atoms with Crippen LogP contribution >= 0.6 is 0 Å². The van der Waals surface area contributed by atoms with Gasteiger partial charge in [-0.25, -0.2) is 0 Å². The minimum Gasteiger partial charge on any atom is -0.394 e. The summed E-state index contributed by atoms with van der Waals surface area (Å²) in [5, 5.41) is 59.7. The lowest BCUT2D eigenvalue weighted by Crippen LogP contribution is -2.66. The third-order valence-electron chi connectivity index (χ3n) is 4.76. The molecule has 148 valence electrons. The normalized spacial score (nSPS) is 47.6. The highest BCUT2D eigenvalue weighted by atomic mass is 16.7. The molecule has 0 aliphatic carbocycles. The summed E-state index contributed by atoms with van der Waals surface area (Å²) in [6.45, 7) is 2.08. The molecule has 10 nitrogen and oxygen atoms in total. The number of methoxy groups -OCH3 is 1. The molecule has 0 aromatic rings. The Kier molecular flexibility index (Phi) is 6.77. The van der Waals surface area contributed by atoms with Crippen molar-refractivity contribution in [2.45, 2.75) is 74.6 Å². The predicted octanol–water partition coefficient (Wildman–Crippen LogP) is -3.28. The van der Waals surface area contributed by atoms with Gasteiger partial charge in [-0.15, -0.1) is 0 Å². The molecule has 9 atom stereocenters. The van der Waals surface area contributed by atoms with Gasteiger partial charge >= 0.3 is 0 Å². The van der Waals surface area contributed by atoms with Crippen LogP contribution in [0.4, 0.5) is 0 Å². The van der Waals surface area contributed by atoms with Gasteiger partial charge in [0.15, 0.2) is 6.29 Å². The van der Waals surface area contributed by atoms with Crippen molar-refractivity contribution in [3.05, 3.63) is 0 Å². The molecule has 2 saturated heterocycles. The Bertz CT molecular complexity index is 431. The van der Waals surface area contributed by atoms with E-state index in [2.05, 4.69) is 0 Å². The summed E-state index contributed by atoms with van der Waals surface area (Å²) in [5.74, 6) is 0. The van der Waals surface area contributed by atoms with Gasteiger partial charge in [0, 0.05) is 7.11 Å². The molecule has 0 aromatic heterocycles. The Morgan fingerprint density at radius 2 is 1.48 bits per heavy atom. The van der Waals surface area contributed by atoms with Crippen molar-refractivity contribution in [2.75, 3.05) is 20.3 Å². The van der Waals surface area contributed by atoms with Crippen LogP contribution < -0.4 is 0 Å². The first-order chi connectivity index (χ1) is 11.7. The van der Waals surface area contributed by atoms with E-state index in [1.165, 1.54) is 7.11 Å². The molecule has 0 spiro atoms. The van der Waals surface area contributed by atoms with Crippen molar-refractivity contribution in [1.82, 2.24) is 0 Å². The number of hydrogen-bond donors (Lipinski definition) is 6. The molecular formula is C15H28O10. The fraction of sp³-hybridized carbons (Fsp3) is 1.00. The summed E-state index contributed by atoms with van der Waals surface area (Å²) in [7, 11) is 1.27. The lowest BCUT2D eigenvalue weighted by molar-refractivity contribution is -0.351. The van der Waals surface area contributed by atoms with Gasteiger partial charge < -0.3 is 49.6 Å². The monoisotopic (exact) mass is 368 g/mol. The summed E-state index contributed by atoms with van der Waals surface area (Å²) in [6, 6.07) is 0. The fourth-order valence-corrected chi connectivity index (χ4v) is 3.25. The topological polar surface area (TPSA) is 158 Å². The SMILES string of the molecule is COC1C(O)[C@H](O[C@@H]2C(CO)OC(C)(C)C(O)C2O)OC(CO)[C@@H]1O. The van der Waals surface area contributed by atoms with Crippen molar-refractivity contribution in [1.29, 1.82) is 0 Å². The molecule has 0 radical (unpaired) electrons. The van der Waals surface area contributed by atoms with E-state index in [1.54, 1.807) is 13.8 Å². The molecule has 2 fully saturated rings. The summed E-state index contributed by atoms with van der Waals surface area (Å²) in [5.41, 5.74) is -1.11. The first-order valence-electron chi connectivity index (χ1n) is 8.13. The zero-order valence-corrected chi connectivity index (χ0v) is 14.4. The third kappa shape index (κ3) is 3.98. The second-order valence-corrected chi connectivity index (χ2v) is 6.89. The molecule has 25 heavy (non-hydrogen) atoms. The van der Waals surface area contributed by atoms with E-state index in [4.69, 9.17) is 18.9 Å². The Hall–Kier alpha value is -0.400. The van der Waals surface area contributed by atoms with Gasteiger partial charge in [-0.2, -0.15) is 0 Å². The number of aliphatic hydroxyl groups excluding tert-OH is 6. The highest BCUT2D eigenvalue weighted by Gasteiger charge is 2.52. The van der Waals surface area contributed by atoms with E-state index in [0.717, 1.165) is 0 Å². The quantitative estimate of drug-likeness (QED) is 0.290. The highest BCUT2D eigenvalue weighted by molar-refractivity contribution is 4.99. The molecule has 0 bridgehead atoms. The van der Waals surface area contributed by atoms with Crippen molar-refractivity contribution >= 4 is 0 Å². The van der Waals surface area contributed by atoms with E-state index in [0.29, 0.717) is 0 Å². The number of aliphatic hydroxyl groups is 6. The molecule has 6 unspecified atom stereocenters. The number of hydrogen-bond acceptors (Lipinski definition) is 10. The van der Waals surface area contributed by atoms with Crippen LogP contribution in [0.2, 0.25) is 0 Å². The van der Waals surface area contributed by atoms with E-state index in [-0.39, 0.29) is 0 Å². The van der Waals surface area contributed by atoms with Crippen molar-refractivity contribution in [2.24, 2.45) is 0 Å². The van der Waals surface area contributed by atoms with E-state index >= 15 is 0 Å². The summed E-state index contributed by atoms with van der Waals surface area (Å²) in [4.78, 5) is 0. The van der Waals surface area contributed by atoms with Gasteiger partial charge in [-0.3, -0.25) is 0 Å². The third-order valence-corrected chi connectivity index (χ3v) is 4.76. The average molecular weight is 368 g/mol. The van der Waals surface area contributed by atoms with Crippen LogP contribution in [0.25, 0.3) is 0 Å². The van der Waals surface area contributed by atoms with Crippen LogP contribution in [0.1, 0.15) is 13.8 Å². The number of ether oxygens (including phenoxy) is 4. The largest absolute Gasteiger partial charge is 0.394 e. The Balaban J connectivity index is 2.18. The van der Waals surface area contributed by atoms with E-state index in [1.807, 2.05) is 0 Å². The van der Waals surface area contributed by atoms with Crippen LogP contribution in [-0.2, 0) is 18.9 Å². The first-order valence-corrected chi connectivity index (χ1v) is 8.13. The van der Waals surface area contributed by atoms with Gasteiger partial charge in [0.25, 0.3) is 0 Å². The zero-order chi connectivity index (χ0) is 18.9. The molecule has 2 aliphatic rings. The summed E-state index contributed by atoms with van der Waals surface area (Å²) >= 11 is 0. The molecule has 2 aliphatic heterocycles. The molecule has 0 amide bonds. The number of rotatable bonds is 5. The molecule has 2 heterocycles. The van der Waals surface area contributed by atoms with Gasteiger partial charge in [-0.1, -0.05) is 0 Å². The van der Waals surface area contributed by atoms with Crippen LogP contribution in [0.15, 0.2) is 0 Å². The maximum atomic E-state index is 10.4. The second kappa shape index (κ2) is 8.09. The maximum Gasteiger partial charge on any atom is 0.187 e. The Morgan fingerprint density at radius 1 is 0.880 bits per heavy atom. The molecular weight excluding hydrogens is 340 g/mol. The fourth-order valence-electron chi connectivity index (χ4n) is 3.25. The molecule has 0 saturated carbocycles. The van der Waals surface area contributed by atoms with Crippen molar-refractivity contribution in [3.8, 4) is 0 Å². The predicted molar refractivity (Wildman–Crippen MR) is 81.5 cm³/mol. The van der Waals surface area contributed by atoms with Gasteiger partial charge in [0.1, 0.15) is 48.8 Å². The van der Waals surface area contributed by atoms with Crippen molar-refractivity contribution < 1.29 is 49.6 Å². The van der Waals surface area contributed by atoms with E-state index < -0.39 is 73.9 Å². The second-order valence-electron chi connectivity index (χ2n) is 6.89. The Morgan fingerprint density at radius 3 is 2.00 bits per heavy atom. The van der Waals surface area contributed by atoms with Crippen LogP contribution in [-0.4, -0.2) is 112 Å². The van der Waals surface area contributed by atoms with Crippen LogP contribution in [0, 0.1) is 0 Å². The van der Waals surface area contributed by atoms with E-state index in [9.17, 15) is 30.6 Å². The minimum absolute atomic E-state index is 0.500. The van der Waals surface area contributed by atoms with Gasteiger partial charge in [0.2, 0.25) is 0 Å².